The van der Waals surface area contributed by atoms with Crippen LogP contribution in [0.4, 0.5) is 20.2 Å². The average molecular weight is 374 g/mol. The molecule has 0 aliphatic heterocycles. The Labute approximate surface area is 158 Å². The van der Waals surface area contributed by atoms with Crippen molar-refractivity contribution in [3.63, 3.8) is 0 Å². The molecule has 2 aromatic rings. The molecule has 2 aromatic carbocycles. The fourth-order valence-electron chi connectivity index (χ4n) is 2.58. The SMILES string of the molecule is Cc1cccc(C(C)C)c1NC(=O)C(C)(C)C(=O)Nc1ccc(F)cc1F. The van der Waals surface area contributed by atoms with Gasteiger partial charge in [0, 0.05) is 11.8 Å². The normalized spacial score (nSPS) is 11.4. The first-order valence-corrected chi connectivity index (χ1v) is 8.71. The highest BCUT2D eigenvalue weighted by atomic mass is 19.1. The minimum Gasteiger partial charge on any atom is -0.325 e. The minimum absolute atomic E-state index is 0.180. The van der Waals surface area contributed by atoms with Gasteiger partial charge in [0.2, 0.25) is 11.8 Å². The summed E-state index contributed by atoms with van der Waals surface area (Å²) in [6.45, 7) is 8.81. The number of nitrogens with one attached hydrogen (secondary N) is 2. The molecule has 6 heteroatoms. The van der Waals surface area contributed by atoms with Crippen LogP contribution < -0.4 is 10.6 Å². The van der Waals surface area contributed by atoms with Gasteiger partial charge in [-0.25, -0.2) is 8.78 Å². The van der Waals surface area contributed by atoms with Crippen LogP contribution in [-0.2, 0) is 9.59 Å². The molecule has 0 aromatic heterocycles. The highest BCUT2D eigenvalue weighted by molar-refractivity contribution is 6.14. The lowest BCUT2D eigenvalue weighted by molar-refractivity contribution is -0.135. The molecule has 0 atom stereocenters. The fraction of sp³-hybridized carbons (Fsp3) is 0.333. The van der Waals surface area contributed by atoms with Gasteiger partial charge in [0.15, 0.2) is 0 Å². The summed E-state index contributed by atoms with van der Waals surface area (Å²) >= 11 is 0. The number of anilines is 2. The van der Waals surface area contributed by atoms with E-state index in [-0.39, 0.29) is 11.6 Å². The molecule has 0 heterocycles. The molecule has 0 saturated heterocycles. The molecule has 144 valence electrons. The molecule has 0 aliphatic carbocycles. The maximum absolute atomic E-state index is 13.8. The number of amides is 2. The molecule has 0 bridgehead atoms. The molecule has 0 fully saturated rings. The Hall–Kier alpha value is -2.76. The molecular formula is C21H24F2N2O2. The summed E-state index contributed by atoms with van der Waals surface area (Å²) in [6.07, 6.45) is 0. The molecule has 27 heavy (non-hydrogen) atoms. The van der Waals surface area contributed by atoms with E-state index in [2.05, 4.69) is 10.6 Å². The predicted molar refractivity (Wildman–Crippen MR) is 103 cm³/mol. The van der Waals surface area contributed by atoms with Crippen molar-refractivity contribution in [2.24, 2.45) is 5.41 Å². The first-order chi connectivity index (χ1) is 12.5. The third-order valence-corrected chi connectivity index (χ3v) is 4.48. The molecule has 0 spiro atoms. The molecule has 0 saturated carbocycles. The summed E-state index contributed by atoms with van der Waals surface area (Å²) < 4.78 is 26.8. The van der Waals surface area contributed by atoms with Gasteiger partial charge in [-0.2, -0.15) is 0 Å². The smallest absolute Gasteiger partial charge is 0.239 e. The number of carbonyl (C=O) groups excluding carboxylic acids is 2. The number of para-hydroxylation sites is 1. The lowest BCUT2D eigenvalue weighted by Gasteiger charge is -2.25. The molecule has 2 amide bonds. The second-order valence-corrected chi connectivity index (χ2v) is 7.35. The molecule has 2 N–H and O–H groups in total. The van der Waals surface area contributed by atoms with Gasteiger partial charge < -0.3 is 10.6 Å². The monoisotopic (exact) mass is 374 g/mol. The van der Waals surface area contributed by atoms with E-state index >= 15 is 0 Å². The van der Waals surface area contributed by atoms with E-state index in [0.717, 1.165) is 23.3 Å². The summed E-state index contributed by atoms with van der Waals surface area (Å²) in [7, 11) is 0. The number of rotatable bonds is 5. The highest BCUT2D eigenvalue weighted by Crippen LogP contribution is 2.30. The van der Waals surface area contributed by atoms with E-state index in [4.69, 9.17) is 0 Å². The second kappa shape index (κ2) is 7.86. The Bertz CT molecular complexity index is 876. The number of halogens is 2. The summed E-state index contributed by atoms with van der Waals surface area (Å²) in [5.41, 5.74) is 0.865. The van der Waals surface area contributed by atoms with E-state index in [9.17, 15) is 18.4 Å². The molecule has 0 aliphatic rings. The lowest BCUT2D eigenvalue weighted by atomic mass is 9.90. The van der Waals surface area contributed by atoms with Crippen LogP contribution in [0.25, 0.3) is 0 Å². The topological polar surface area (TPSA) is 58.2 Å². The summed E-state index contributed by atoms with van der Waals surface area (Å²) in [5, 5.41) is 5.19. The Kier molecular flexibility index (Phi) is 5.98. The number of aryl methyl sites for hydroxylation is 1. The summed E-state index contributed by atoms with van der Waals surface area (Å²) in [5.74, 6) is -2.67. The van der Waals surface area contributed by atoms with E-state index in [1.54, 1.807) is 0 Å². The molecule has 0 radical (unpaired) electrons. The van der Waals surface area contributed by atoms with Gasteiger partial charge in [-0.3, -0.25) is 9.59 Å². The number of carbonyl (C=O) groups is 2. The Balaban J connectivity index is 2.23. The Morgan fingerprint density at radius 2 is 1.63 bits per heavy atom. The van der Waals surface area contributed by atoms with Crippen molar-refractivity contribution in [2.45, 2.75) is 40.5 Å². The van der Waals surface area contributed by atoms with Crippen LogP contribution in [0.5, 0.6) is 0 Å². The van der Waals surface area contributed by atoms with Crippen LogP contribution in [0.2, 0.25) is 0 Å². The standard InChI is InChI=1S/C21H24F2N2O2/c1-12(2)15-8-6-7-13(3)18(15)25-20(27)21(4,5)19(26)24-17-10-9-14(22)11-16(17)23/h6-12H,1-5H3,(H,24,26)(H,25,27). The minimum atomic E-state index is -1.47. The van der Waals surface area contributed by atoms with Gasteiger partial charge in [-0.1, -0.05) is 32.0 Å². The Morgan fingerprint density at radius 1 is 1.00 bits per heavy atom. The molecule has 2 rings (SSSR count). The van der Waals surface area contributed by atoms with Crippen molar-refractivity contribution in [1.29, 1.82) is 0 Å². The summed E-state index contributed by atoms with van der Waals surface area (Å²) in [6, 6.07) is 8.54. The number of benzene rings is 2. The van der Waals surface area contributed by atoms with Gasteiger partial charge in [0.05, 0.1) is 5.69 Å². The number of hydrogen-bond acceptors (Lipinski definition) is 2. The van der Waals surface area contributed by atoms with E-state index in [0.29, 0.717) is 11.8 Å². The Morgan fingerprint density at radius 3 is 2.22 bits per heavy atom. The molecular weight excluding hydrogens is 350 g/mol. The zero-order valence-electron chi connectivity index (χ0n) is 16.1. The van der Waals surface area contributed by atoms with Crippen LogP contribution in [0, 0.1) is 24.0 Å². The van der Waals surface area contributed by atoms with Crippen LogP contribution in [-0.4, -0.2) is 11.8 Å². The molecule has 4 nitrogen and oxygen atoms in total. The molecule has 0 unspecified atom stereocenters. The van der Waals surface area contributed by atoms with E-state index in [1.807, 2.05) is 39.0 Å². The first kappa shape index (κ1) is 20.6. The van der Waals surface area contributed by atoms with Crippen molar-refractivity contribution in [3.8, 4) is 0 Å². The zero-order chi connectivity index (χ0) is 20.4. The van der Waals surface area contributed by atoms with Gasteiger partial charge >= 0.3 is 0 Å². The predicted octanol–water partition coefficient (Wildman–Crippen LogP) is 5.00. The van der Waals surface area contributed by atoms with Crippen LogP contribution in [0.15, 0.2) is 36.4 Å². The van der Waals surface area contributed by atoms with Crippen molar-refractivity contribution in [2.75, 3.05) is 10.6 Å². The largest absolute Gasteiger partial charge is 0.325 e. The third kappa shape index (κ3) is 4.51. The van der Waals surface area contributed by atoms with Crippen molar-refractivity contribution in [1.82, 2.24) is 0 Å². The van der Waals surface area contributed by atoms with Gasteiger partial charge in [0.25, 0.3) is 0 Å². The van der Waals surface area contributed by atoms with Crippen LogP contribution >= 0.6 is 0 Å². The maximum Gasteiger partial charge on any atom is 0.239 e. The van der Waals surface area contributed by atoms with E-state index < -0.39 is 28.9 Å². The van der Waals surface area contributed by atoms with Crippen molar-refractivity contribution in [3.05, 3.63) is 59.2 Å². The highest BCUT2D eigenvalue weighted by Gasteiger charge is 2.37. The third-order valence-electron chi connectivity index (χ3n) is 4.48. The number of hydrogen-bond donors (Lipinski definition) is 2. The lowest BCUT2D eigenvalue weighted by Crippen LogP contribution is -2.42. The summed E-state index contributed by atoms with van der Waals surface area (Å²) in [4.78, 5) is 25.4. The van der Waals surface area contributed by atoms with Gasteiger partial charge in [-0.15, -0.1) is 0 Å². The maximum atomic E-state index is 13.8. The van der Waals surface area contributed by atoms with Gasteiger partial charge in [0.1, 0.15) is 17.0 Å². The van der Waals surface area contributed by atoms with Crippen molar-refractivity contribution >= 4 is 23.2 Å². The van der Waals surface area contributed by atoms with Crippen LogP contribution in [0.3, 0.4) is 0 Å². The van der Waals surface area contributed by atoms with Gasteiger partial charge in [-0.05, 0) is 49.9 Å². The van der Waals surface area contributed by atoms with Crippen molar-refractivity contribution < 1.29 is 18.4 Å². The van der Waals surface area contributed by atoms with E-state index in [1.165, 1.54) is 13.8 Å². The fourth-order valence-corrected chi connectivity index (χ4v) is 2.58. The zero-order valence-corrected chi connectivity index (χ0v) is 16.1. The van der Waals surface area contributed by atoms with Crippen LogP contribution in [0.1, 0.15) is 44.7 Å². The first-order valence-electron chi connectivity index (χ1n) is 8.71. The quantitative estimate of drug-likeness (QED) is 0.724. The second-order valence-electron chi connectivity index (χ2n) is 7.35. The average Bonchev–Trinajstić information content (AvgIpc) is 2.58.